The van der Waals surface area contributed by atoms with Gasteiger partial charge in [-0.05, 0) is 19.0 Å². The first kappa shape index (κ1) is 13.1. The molecule has 0 amide bonds. The summed E-state index contributed by atoms with van der Waals surface area (Å²) in [5.74, 6) is 0. The number of hydrogen-bond donors (Lipinski definition) is 1. The van der Waals surface area contributed by atoms with Crippen LogP contribution >= 0.6 is 0 Å². The Hall–Kier alpha value is -1.93. The third kappa shape index (κ3) is 2.39. The van der Waals surface area contributed by atoms with Gasteiger partial charge < -0.3 is 5.32 Å². The minimum atomic E-state index is -1.20. The van der Waals surface area contributed by atoms with E-state index in [1.807, 2.05) is 0 Å². The van der Waals surface area contributed by atoms with E-state index in [-0.39, 0.29) is 10.9 Å². The van der Waals surface area contributed by atoms with Gasteiger partial charge >= 0.3 is 0 Å². The minimum Gasteiger partial charge on any atom is -0.315 e. The molecule has 0 bridgehead atoms. The SMILES string of the molecule is O=[N+]([O-])c1ccc2nc([S@@](=O)[C@H]3CCNC3)cnc2c1. The van der Waals surface area contributed by atoms with E-state index < -0.39 is 15.7 Å². The predicted octanol–water partition coefficient (Wildman–Crippen LogP) is 1.01. The lowest BCUT2D eigenvalue weighted by Crippen LogP contribution is -2.19. The Labute approximate surface area is 117 Å². The Kier molecular flexibility index (Phi) is 3.41. The average Bonchev–Trinajstić information content (AvgIpc) is 2.99. The van der Waals surface area contributed by atoms with E-state index in [0.29, 0.717) is 22.6 Å². The lowest BCUT2D eigenvalue weighted by atomic mass is 10.3. The number of nitrogens with zero attached hydrogens (tertiary/aromatic N) is 3. The molecule has 1 aliphatic rings. The molecule has 7 nitrogen and oxygen atoms in total. The number of nitro groups is 1. The first-order chi connectivity index (χ1) is 9.65. The Morgan fingerprint density at radius 3 is 2.95 bits per heavy atom. The summed E-state index contributed by atoms with van der Waals surface area (Å²) >= 11 is 0. The van der Waals surface area contributed by atoms with Crippen molar-refractivity contribution in [1.29, 1.82) is 0 Å². The van der Waals surface area contributed by atoms with Crippen LogP contribution in [0.4, 0.5) is 5.69 Å². The van der Waals surface area contributed by atoms with Gasteiger partial charge in [0.2, 0.25) is 0 Å². The third-order valence-electron chi connectivity index (χ3n) is 3.24. The molecule has 1 aliphatic heterocycles. The van der Waals surface area contributed by atoms with Gasteiger partial charge in [-0.25, -0.2) is 4.98 Å². The lowest BCUT2D eigenvalue weighted by molar-refractivity contribution is -0.384. The summed E-state index contributed by atoms with van der Waals surface area (Å²) in [6.45, 7) is 1.58. The van der Waals surface area contributed by atoms with Crippen LogP contribution in [0.15, 0.2) is 29.4 Å². The fourth-order valence-electron chi connectivity index (χ4n) is 2.17. The van der Waals surface area contributed by atoms with Crippen LogP contribution < -0.4 is 5.32 Å². The van der Waals surface area contributed by atoms with Crippen molar-refractivity contribution in [1.82, 2.24) is 15.3 Å². The standard InChI is InChI=1S/C12H12N4O3S/c17-16(18)8-1-2-10-11(5-8)14-7-12(15-10)20(19)9-3-4-13-6-9/h1-2,5,7,9,13H,3-4,6H2/t9-,20-/m0/s1. The molecule has 2 heterocycles. The maximum atomic E-state index is 12.3. The second-order valence-electron chi connectivity index (χ2n) is 4.55. The van der Waals surface area contributed by atoms with Gasteiger partial charge in [-0.3, -0.25) is 19.3 Å². The largest absolute Gasteiger partial charge is 0.315 e. The summed E-state index contributed by atoms with van der Waals surface area (Å²) in [5.41, 5.74) is 0.928. The average molecular weight is 292 g/mol. The van der Waals surface area contributed by atoms with Crippen LogP contribution in [0.2, 0.25) is 0 Å². The molecule has 3 rings (SSSR count). The molecule has 1 aromatic heterocycles. The highest BCUT2D eigenvalue weighted by molar-refractivity contribution is 7.85. The number of nitrogens with one attached hydrogen (secondary N) is 1. The summed E-state index contributed by atoms with van der Waals surface area (Å²) in [5, 5.41) is 14.3. The molecule has 1 N–H and O–H groups in total. The van der Waals surface area contributed by atoms with E-state index in [1.54, 1.807) is 0 Å². The number of hydrogen-bond acceptors (Lipinski definition) is 6. The fraction of sp³-hybridized carbons (Fsp3) is 0.333. The summed E-state index contributed by atoms with van der Waals surface area (Å²) < 4.78 is 12.3. The number of benzene rings is 1. The molecule has 0 spiro atoms. The van der Waals surface area contributed by atoms with E-state index in [2.05, 4.69) is 15.3 Å². The number of nitro benzene ring substituents is 1. The van der Waals surface area contributed by atoms with Crippen LogP contribution in [0, 0.1) is 10.1 Å². The van der Waals surface area contributed by atoms with Crippen molar-refractivity contribution in [2.45, 2.75) is 16.7 Å². The maximum Gasteiger partial charge on any atom is 0.271 e. The second-order valence-corrected chi connectivity index (χ2v) is 6.23. The van der Waals surface area contributed by atoms with Gasteiger partial charge in [0, 0.05) is 18.7 Å². The molecular weight excluding hydrogens is 280 g/mol. The third-order valence-corrected chi connectivity index (χ3v) is 4.86. The summed E-state index contributed by atoms with van der Waals surface area (Å²) in [6, 6.07) is 4.28. The zero-order chi connectivity index (χ0) is 14.1. The highest BCUT2D eigenvalue weighted by Crippen LogP contribution is 2.20. The Bertz CT molecular complexity index is 700. The van der Waals surface area contributed by atoms with Gasteiger partial charge in [-0.15, -0.1) is 0 Å². The zero-order valence-electron chi connectivity index (χ0n) is 10.5. The van der Waals surface area contributed by atoms with Gasteiger partial charge in [0.1, 0.15) is 5.03 Å². The van der Waals surface area contributed by atoms with Gasteiger partial charge in [0.25, 0.3) is 5.69 Å². The molecule has 0 aliphatic carbocycles. The monoisotopic (exact) mass is 292 g/mol. The van der Waals surface area contributed by atoms with Crippen LogP contribution in [-0.2, 0) is 10.8 Å². The number of rotatable bonds is 3. The molecule has 0 radical (unpaired) electrons. The van der Waals surface area contributed by atoms with Crippen molar-refractivity contribution in [2.24, 2.45) is 0 Å². The van der Waals surface area contributed by atoms with Crippen LogP contribution in [-0.4, -0.2) is 37.4 Å². The first-order valence-electron chi connectivity index (χ1n) is 6.17. The zero-order valence-corrected chi connectivity index (χ0v) is 11.3. The highest BCUT2D eigenvalue weighted by atomic mass is 32.2. The molecule has 104 valence electrons. The van der Waals surface area contributed by atoms with E-state index in [0.717, 1.165) is 13.0 Å². The molecule has 20 heavy (non-hydrogen) atoms. The molecule has 0 saturated carbocycles. The van der Waals surface area contributed by atoms with E-state index in [1.165, 1.54) is 24.4 Å². The number of non-ortho nitro benzene ring substituents is 1. The maximum absolute atomic E-state index is 12.3. The van der Waals surface area contributed by atoms with E-state index in [9.17, 15) is 14.3 Å². The Morgan fingerprint density at radius 1 is 1.40 bits per heavy atom. The van der Waals surface area contributed by atoms with E-state index >= 15 is 0 Å². The van der Waals surface area contributed by atoms with Crippen molar-refractivity contribution in [3.05, 3.63) is 34.5 Å². The van der Waals surface area contributed by atoms with Crippen molar-refractivity contribution in [3.8, 4) is 0 Å². The minimum absolute atomic E-state index is 0.0272. The fourth-order valence-corrected chi connectivity index (χ4v) is 3.46. The van der Waals surface area contributed by atoms with Crippen molar-refractivity contribution in [3.63, 3.8) is 0 Å². The van der Waals surface area contributed by atoms with Crippen LogP contribution in [0.25, 0.3) is 11.0 Å². The Morgan fingerprint density at radius 2 is 2.25 bits per heavy atom. The Balaban J connectivity index is 1.96. The first-order valence-corrected chi connectivity index (χ1v) is 7.39. The smallest absolute Gasteiger partial charge is 0.271 e. The molecule has 8 heteroatoms. The number of fused-ring (bicyclic) bond motifs is 1. The predicted molar refractivity (Wildman–Crippen MR) is 73.9 cm³/mol. The number of aromatic nitrogens is 2. The summed E-state index contributed by atoms with van der Waals surface area (Å²) in [7, 11) is -1.20. The summed E-state index contributed by atoms with van der Waals surface area (Å²) in [6.07, 6.45) is 2.30. The molecular formula is C12H12N4O3S. The highest BCUT2D eigenvalue weighted by Gasteiger charge is 2.23. The normalized spacial score (nSPS) is 20.1. The molecule has 1 saturated heterocycles. The molecule has 2 atom stereocenters. The van der Waals surface area contributed by atoms with Crippen molar-refractivity contribution in [2.75, 3.05) is 13.1 Å². The van der Waals surface area contributed by atoms with Gasteiger partial charge in [0.15, 0.2) is 0 Å². The molecule has 1 fully saturated rings. The van der Waals surface area contributed by atoms with Crippen LogP contribution in [0.1, 0.15) is 6.42 Å². The molecule has 1 aromatic carbocycles. The van der Waals surface area contributed by atoms with Gasteiger partial charge in [0.05, 0.1) is 38.2 Å². The molecule has 0 unspecified atom stereocenters. The second kappa shape index (κ2) is 5.22. The van der Waals surface area contributed by atoms with Crippen molar-refractivity contribution < 1.29 is 9.13 Å². The topological polar surface area (TPSA) is 98.0 Å². The van der Waals surface area contributed by atoms with Crippen LogP contribution in [0.5, 0.6) is 0 Å². The van der Waals surface area contributed by atoms with Gasteiger partial charge in [-0.2, -0.15) is 0 Å². The van der Waals surface area contributed by atoms with Gasteiger partial charge in [-0.1, -0.05) is 0 Å². The lowest BCUT2D eigenvalue weighted by Gasteiger charge is -2.07. The summed E-state index contributed by atoms with van der Waals surface area (Å²) in [4.78, 5) is 18.7. The quantitative estimate of drug-likeness (QED) is 0.669. The van der Waals surface area contributed by atoms with Crippen LogP contribution in [0.3, 0.4) is 0 Å². The molecule has 2 aromatic rings. The van der Waals surface area contributed by atoms with E-state index in [4.69, 9.17) is 0 Å². The van der Waals surface area contributed by atoms with Crippen molar-refractivity contribution >= 4 is 27.5 Å².